The molecule has 1 aromatic carbocycles. The van der Waals surface area contributed by atoms with Gasteiger partial charge in [-0.2, -0.15) is 5.26 Å². The van der Waals surface area contributed by atoms with Crippen LogP contribution in [0.15, 0.2) is 18.2 Å². The fourth-order valence-corrected chi connectivity index (χ4v) is 2.74. The lowest BCUT2D eigenvalue weighted by atomic mass is 10.2. The number of benzene rings is 1. The molecule has 1 aliphatic heterocycles. The molecular weight excluding hydrogens is 288 g/mol. The lowest BCUT2D eigenvalue weighted by Gasteiger charge is -2.26. The van der Waals surface area contributed by atoms with E-state index in [0.29, 0.717) is 28.9 Å². The molecule has 0 bridgehead atoms. The first-order valence-electron chi connectivity index (χ1n) is 7.08. The molecule has 1 atom stereocenters. The Balaban J connectivity index is 1.94. The molecule has 2 rings (SSSR count). The molecule has 2 N–H and O–H groups in total. The predicted molar refractivity (Wildman–Crippen MR) is 83.3 cm³/mol. The van der Waals surface area contributed by atoms with E-state index in [1.807, 2.05) is 6.07 Å². The number of nitriles is 1. The maximum absolute atomic E-state index is 12.1. The summed E-state index contributed by atoms with van der Waals surface area (Å²) in [6.45, 7) is 5.20. The number of hydrogen-bond donors (Lipinski definition) is 2. The van der Waals surface area contributed by atoms with Crippen molar-refractivity contribution in [2.45, 2.75) is 19.4 Å². The summed E-state index contributed by atoms with van der Waals surface area (Å²) >= 11 is 5.96. The van der Waals surface area contributed by atoms with E-state index in [1.54, 1.807) is 18.2 Å². The molecule has 1 unspecified atom stereocenters. The van der Waals surface area contributed by atoms with Crippen LogP contribution < -0.4 is 10.6 Å². The summed E-state index contributed by atoms with van der Waals surface area (Å²) in [6.07, 6.45) is 1.07. The van der Waals surface area contributed by atoms with Crippen LogP contribution in [0.2, 0.25) is 5.02 Å². The molecule has 0 saturated carbocycles. The van der Waals surface area contributed by atoms with E-state index >= 15 is 0 Å². The number of rotatable bonds is 5. The van der Waals surface area contributed by atoms with E-state index < -0.39 is 0 Å². The highest BCUT2D eigenvalue weighted by Gasteiger charge is 2.22. The first kappa shape index (κ1) is 15.8. The molecular formula is C15H19ClN4O. The highest BCUT2D eigenvalue weighted by atomic mass is 35.5. The number of nitrogens with zero attached hydrogens (tertiary/aromatic N) is 2. The number of carbonyl (C=O) groups excluding carboxylic acids is 1. The van der Waals surface area contributed by atoms with Gasteiger partial charge in [0.15, 0.2) is 0 Å². The minimum absolute atomic E-state index is 0.0653. The quantitative estimate of drug-likeness (QED) is 0.871. The largest absolute Gasteiger partial charge is 0.325 e. The highest BCUT2D eigenvalue weighted by Crippen LogP contribution is 2.20. The van der Waals surface area contributed by atoms with E-state index in [4.69, 9.17) is 16.9 Å². The molecule has 1 fully saturated rings. The molecule has 0 aliphatic carbocycles. The summed E-state index contributed by atoms with van der Waals surface area (Å²) < 4.78 is 0. The van der Waals surface area contributed by atoms with Gasteiger partial charge in [-0.25, -0.2) is 0 Å². The van der Waals surface area contributed by atoms with Crippen molar-refractivity contribution in [3.63, 3.8) is 0 Å². The van der Waals surface area contributed by atoms with Crippen LogP contribution in [0.25, 0.3) is 0 Å². The van der Waals surface area contributed by atoms with Gasteiger partial charge >= 0.3 is 0 Å². The van der Waals surface area contributed by atoms with Gasteiger partial charge in [0.2, 0.25) is 5.91 Å². The van der Waals surface area contributed by atoms with Gasteiger partial charge in [-0.1, -0.05) is 18.5 Å². The second-order valence-electron chi connectivity index (χ2n) is 5.06. The van der Waals surface area contributed by atoms with Crippen molar-refractivity contribution in [1.29, 1.82) is 5.26 Å². The van der Waals surface area contributed by atoms with Crippen LogP contribution in [0.1, 0.15) is 18.9 Å². The first-order valence-corrected chi connectivity index (χ1v) is 7.46. The standard InChI is InChI=1S/C15H19ClN4O/c1-2-20(13-5-6-18-9-13)10-15(21)19-12-4-3-11(8-17)14(16)7-12/h3-4,7,13,18H,2,5-6,9-10H2,1H3,(H,19,21). The van der Waals surface area contributed by atoms with Gasteiger partial charge in [0.05, 0.1) is 17.1 Å². The molecule has 1 amide bonds. The molecule has 0 spiro atoms. The molecule has 5 nitrogen and oxygen atoms in total. The van der Waals surface area contributed by atoms with Crippen LogP contribution in [0.4, 0.5) is 5.69 Å². The van der Waals surface area contributed by atoms with Crippen molar-refractivity contribution in [3.8, 4) is 6.07 Å². The second-order valence-corrected chi connectivity index (χ2v) is 5.47. The van der Waals surface area contributed by atoms with Gasteiger partial charge in [0.1, 0.15) is 6.07 Å². The molecule has 21 heavy (non-hydrogen) atoms. The summed E-state index contributed by atoms with van der Waals surface area (Å²) in [5, 5.41) is 15.3. The monoisotopic (exact) mass is 306 g/mol. The number of anilines is 1. The van der Waals surface area contributed by atoms with Crippen LogP contribution in [0.5, 0.6) is 0 Å². The van der Waals surface area contributed by atoms with Crippen LogP contribution in [-0.4, -0.2) is 43.0 Å². The van der Waals surface area contributed by atoms with Crippen molar-refractivity contribution in [1.82, 2.24) is 10.2 Å². The summed E-state index contributed by atoms with van der Waals surface area (Å²) in [7, 11) is 0. The smallest absolute Gasteiger partial charge is 0.238 e. The fraction of sp³-hybridized carbons (Fsp3) is 0.467. The molecule has 1 aliphatic rings. The number of amides is 1. The van der Waals surface area contributed by atoms with E-state index in [-0.39, 0.29) is 5.91 Å². The van der Waals surface area contributed by atoms with Crippen LogP contribution in [-0.2, 0) is 4.79 Å². The summed E-state index contributed by atoms with van der Waals surface area (Å²) in [6, 6.07) is 7.32. The lowest BCUT2D eigenvalue weighted by Crippen LogP contribution is -2.41. The second kappa shape index (κ2) is 7.41. The average molecular weight is 307 g/mol. The number of halogens is 1. The molecule has 1 heterocycles. The summed E-state index contributed by atoms with van der Waals surface area (Å²) in [5.74, 6) is -0.0653. The van der Waals surface area contributed by atoms with Crippen molar-refractivity contribution in [2.75, 3.05) is 31.5 Å². The molecule has 112 valence electrons. The number of hydrogen-bond acceptors (Lipinski definition) is 4. The molecule has 1 aromatic rings. The zero-order valence-electron chi connectivity index (χ0n) is 12.0. The number of carbonyl (C=O) groups is 1. The maximum Gasteiger partial charge on any atom is 0.238 e. The van der Waals surface area contributed by atoms with E-state index in [9.17, 15) is 4.79 Å². The third-order valence-electron chi connectivity index (χ3n) is 3.68. The Morgan fingerprint density at radius 1 is 1.62 bits per heavy atom. The van der Waals surface area contributed by atoms with Crippen molar-refractivity contribution < 1.29 is 4.79 Å². The fourth-order valence-electron chi connectivity index (χ4n) is 2.52. The van der Waals surface area contributed by atoms with Gasteiger partial charge in [-0.3, -0.25) is 9.69 Å². The third kappa shape index (κ3) is 4.18. The molecule has 0 radical (unpaired) electrons. The van der Waals surface area contributed by atoms with Gasteiger partial charge in [0.25, 0.3) is 0 Å². The average Bonchev–Trinajstić information content (AvgIpc) is 2.99. The zero-order valence-corrected chi connectivity index (χ0v) is 12.8. The summed E-state index contributed by atoms with van der Waals surface area (Å²) in [4.78, 5) is 14.3. The predicted octanol–water partition coefficient (Wildman–Crippen LogP) is 1.83. The van der Waals surface area contributed by atoms with E-state index in [0.717, 1.165) is 26.1 Å². The van der Waals surface area contributed by atoms with E-state index in [1.165, 1.54) is 0 Å². The normalized spacial score (nSPS) is 17.7. The van der Waals surface area contributed by atoms with Crippen molar-refractivity contribution in [3.05, 3.63) is 28.8 Å². The molecule has 6 heteroatoms. The topological polar surface area (TPSA) is 68.2 Å². The number of nitrogens with one attached hydrogen (secondary N) is 2. The van der Waals surface area contributed by atoms with Gasteiger partial charge in [-0.05, 0) is 37.7 Å². The van der Waals surface area contributed by atoms with Crippen LogP contribution in [0, 0.1) is 11.3 Å². The Morgan fingerprint density at radius 3 is 3.00 bits per heavy atom. The highest BCUT2D eigenvalue weighted by molar-refractivity contribution is 6.32. The zero-order chi connectivity index (χ0) is 15.2. The van der Waals surface area contributed by atoms with E-state index in [2.05, 4.69) is 22.5 Å². The van der Waals surface area contributed by atoms with Gasteiger partial charge < -0.3 is 10.6 Å². The SMILES string of the molecule is CCN(CC(=O)Nc1ccc(C#N)c(Cl)c1)C1CCNC1. The Kier molecular flexibility index (Phi) is 5.57. The minimum atomic E-state index is -0.0653. The Morgan fingerprint density at radius 2 is 2.43 bits per heavy atom. The maximum atomic E-state index is 12.1. The molecule has 0 aromatic heterocycles. The first-order chi connectivity index (χ1) is 10.1. The van der Waals surface area contributed by atoms with Gasteiger partial charge in [0, 0.05) is 18.3 Å². The summed E-state index contributed by atoms with van der Waals surface area (Å²) in [5.41, 5.74) is 1.02. The van der Waals surface area contributed by atoms with Crippen LogP contribution in [0.3, 0.4) is 0 Å². The molecule has 1 saturated heterocycles. The number of likely N-dealkylation sites (N-methyl/N-ethyl adjacent to an activating group) is 1. The Hall–Kier alpha value is -1.61. The van der Waals surface area contributed by atoms with Crippen molar-refractivity contribution >= 4 is 23.2 Å². The Bertz CT molecular complexity index is 549. The minimum Gasteiger partial charge on any atom is -0.325 e. The Labute approximate surface area is 129 Å². The third-order valence-corrected chi connectivity index (χ3v) is 3.99. The van der Waals surface area contributed by atoms with Crippen molar-refractivity contribution in [2.24, 2.45) is 0 Å². The lowest BCUT2D eigenvalue weighted by molar-refractivity contribution is -0.117. The van der Waals surface area contributed by atoms with Gasteiger partial charge in [-0.15, -0.1) is 0 Å². The van der Waals surface area contributed by atoms with Crippen LogP contribution >= 0.6 is 11.6 Å².